The molecule has 1 amide bonds. The fourth-order valence-corrected chi connectivity index (χ4v) is 4.20. The fourth-order valence-electron chi connectivity index (χ4n) is 2.84. The summed E-state index contributed by atoms with van der Waals surface area (Å²) in [6.07, 6.45) is 1.95. The summed E-state index contributed by atoms with van der Waals surface area (Å²) >= 11 is 6.03. The molecule has 0 saturated carbocycles. The largest absolute Gasteiger partial charge is 0.495 e. The maximum absolute atomic E-state index is 12.7. The lowest BCUT2D eigenvalue weighted by molar-refractivity contribution is 0.0792. The average molecular weight is 395 g/mol. The zero-order chi connectivity index (χ0) is 18.7. The number of methoxy groups -OCH3 is 1. The Kier molecular flexibility index (Phi) is 5.38. The Morgan fingerprint density at radius 2 is 1.88 bits per heavy atom. The van der Waals surface area contributed by atoms with Crippen molar-refractivity contribution in [3.05, 3.63) is 53.1 Å². The van der Waals surface area contributed by atoms with Crippen molar-refractivity contribution in [3.63, 3.8) is 0 Å². The van der Waals surface area contributed by atoms with Crippen molar-refractivity contribution < 1.29 is 17.9 Å². The van der Waals surface area contributed by atoms with Gasteiger partial charge in [0.15, 0.2) is 0 Å². The first-order valence-corrected chi connectivity index (χ1v) is 10.0. The van der Waals surface area contributed by atoms with Crippen LogP contribution in [0.4, 0.5) is 5.69 Å². The van der Waals surface area contributed by atoms with E-state index in [4.69, 9.17) is 16.3 Å². The van der Waals surface area contributed by atoms with Gasteiger partial charge in [-0.05, 0) is 49.2 Å². The molecule has 26 heavy (non-hydrogen) atoms. The van der Waals surface area contributed by atoms with Crippen molar-refractivity contribution in [2.24, 2.45) is 0 Å². The molecule has 2 aromatic carbocycles. The van der Waals surface area contributed by atoms with Gasteiger partial charge in [0.05, 0.1) is 22.7 Å². The Morgan fingerprint density at radius 3 is 2.54 bits per heavy atom. The number of sulfonamides is 1. The van der Waals surface area contributed by atoms with Gasteiger partial charge in [-0.25, -0.2) is 8.42 Å². The number of rotatable bonds is 5. The summed E-state index contributed by atoms with van der Waals surface area (Å²) in [5.41, 5.74) is 0.676. The first kappa shape index (κ1) is 18.5. The molecule has 0 aliphatic carbocycles. The third kappa shape index (κ3) is 3.94. The molecule has 3 rings (SSSR count). The molecule has 6 nitrogen and oxygen atoms in total. The normalized spacial score (nSPS) is 14.3. The quantitative estimate of drug-likeness (QED) is 0.843. The van der Waals surface area contributed by atoms with Crippen LogP contribution >= 0.6 is 11.6 Å². The van der Waals surface area contributed by atoms with Gasteiger partial charge >= 0.3 is 0 Å². The number of carbonyl (C=O) groups is 1. The zero-order valence-corrected chi connectivity index (χ0v) is 15.8. The molecule has 0 unspecified atom stereocenters. The Hall–Kier alpha value is -2.25. The van der Waals surface area contributed by atoms with E-state index in [0.29, 0.717) is 35.1 Å². The molecule has 1 N–H and O–H groups in total. The maximum Gasteiger partial charge on any atom is 0.261 e. The second kappa shape index (κ2) is 7.55. The van der Waals surface area contributed by atoms with Crippen LogP contribution in [0.2, 0.25) is 5.02 Å². The van der Waals surface area contributed by atoms with Gasteiger partial charge in [0.1, 0.15) is 5.75 Å². The Bertz CT molecular complexity index is 925. The third-order valence-corrected chi connectivity index (χ3v) is 5.86. The van der Waals surface area contributed by atoms with E-state index < -0.39 is 10.0 Å². The van der Waals surface area contributed by atoms with Crippen LogP contribution in [0.25, 0.3) is 0 Å². The van der Waals surface area contributed by atoms with Crippen LogP contribution in [0.15, 0.2) is 47.4 Å². The smallest absolute Gasteiger partial charge is 0.261 e. The Labute approximate surface area is 157 Å². The van der Waals surface area contributed by atoms with Gasteiger partial charge in [-0.3, -0.25) is 9.52 Å². The number of benzene rings is 2. The lowest BCUT2D eigenvalue weighted by Crippen LogP contribution is -2.27. The molecule has 1 heterocycles. The van der Waals surface area contributed by atoms with E-state index in [1.165, 1.54) is 25.3 Å². The van der Waals surface area contributed by atoms with Gasteiger partial charge < -0.3 is 9.64 Å². The summed E-state index contributed by atoms with van der Waals surface area (Å²) in [5, 5.41) is 0.297. The number of hydrogen-bond acceptors (Lipinski definition) is 4. The van der Waals surface area contributed by atoms with Gasteiger partial charge in [0.25, 0.3) is 15.9 Å². The molecule has 0 spiro atoms. The highest BCUT2D eigenvalue weighted by Gasteiger charge is 2.22. The van der Waals surface area contributed by atoms with Crippen LogP contribution in [0.1, 0.15) is 23.2 Å². The third-order valence-electron chi connectivity index (χ3n) is 4.19. The minimum Gasteiger partial charge on any atom is -0.495 e. The molecule has 0 aromatic heterocycles. The molecule has 2 aromatic rings. The van der Waals surface area contributed by atoms with Gasteiger partial charge in [0, 0.05) is 18.7 Å². The predicted octanol–water partition coefficient (Wildman–Crippen LogP) is 3.39. The number of hydrogen-bond donors (Lipinski definition) is 1. The number of anilines is 1. The van der Waals surface area contributed by atoms with Crippen molar-refractivity contribution in [2.45, 2.75) is 17.7 Å². The van der Waals surface area contributed by atoms with Crippen LogP contribution in [-0.4, -0.2) is 39.4 Å². The van der Waals surface area contributed by atoms with E-state index >= 15 is 0 Å². The maximum atomic E-state index is 12.7. The number of halogens is 1. The molecule has 1 fully saturated rings. The molecular formula is C18H19ClN2O4S. The molecule has 8 heteroatoms. The molecule has 138 valence electrons. The minimum atomic E-state index is -3.85. The Balaban J connectivity index is 1.84. The molecule has 1 aliphatic heterocycles. The van der Waals surface area contributed by atoms with Crippen LogP contribution < -0.4 is 9.46 Å². The highest BCUT2D eigenvalue weighted by atomic mass is 35.5. The number of carbonyl (C=O) groups excluding carboxylic acids is 1. The lowest BCUT2D eigenvalue weighted by atomic mass is 10.2. The van der Waals surface area contributed by atoms with E-state index in [0.717, 1.165) is 12.8 Å². The molecule has 1 saturated heterocycles. The second-order valence-corrected chi connectivity index (χ2v) is 8.07. The monoisotopic (exact) mass is 394 g/mol. The number of amides is 1. The van der Waals surface area contributed by atoms with Gasteiger partial charge in [-0.1, -0.05) is 17.7 Å². The molecule has 0 radical (unpaired) electrons. The van der Waals surface area contributed by atoms with E-state index in [1.54, 1.807) is 29.2 Å². The summed E-state index contributed by atoms with van der Waals surface area (Å²) in [5.74, 6) is 0.305. The fraction of sp³-hybridized carbons (Fsp3) is 0.278. The molecule has 0 bridgehead atoms. The van der Waals surface area contributed by atoms with Crippen molar-refractivity contribution in [3.8, 4) is 5.75 Å². The molecule has 1 aliphatic rings. The highest BCUT2D eigenvalue weighted by Crippen LogP contribution is 2.28. The number of nitrogens with zero attached hydrogens (tertiary/aromatic N) is 1. The van der Waals surface area contributed by atoms with Crippen molar-refractivity contribution in [1.29, 1.82) is 0 Å². The van der Waals surface area contributed by atoms with E-state index in [-0.39, 0.29) is 10.8 Å². The predicted molar refractivity (Wildman–Crippen MR) is 100 cm³/mol. The van der Waals surface area contributed by atoms with Crippen LogP contribution in [0, 0.1) is 0 Å². The SMILES string of the molecule is COc1ccc(NS(=O)(=O)c2cccc(C(=O)N3CCCC3)c2)cc1Cl. The molecule has 0 atom stereocenters. The van der Waals surface area contributed by atoms with Crippen molar-refractivity contribution >= 4 is 33.2 Å². The first-order chi connectivity index (χ1) is 12.4. The summed E-state index contributed by atoms with van der Waals surface area (Å²) < 4.78 is 32.8. The van der Waals surface area contributed by atoms with Crippen molar-refractivity contribution in [2.75, 3.05) is 24.9 Å². The topological polar surface area (TPSA) is 75.7 Å². The summed E-state index contributed by atoms with van der Waals surface area (Å²) in [6.45, 7) is 1.41. The standard InChI is InChI=1S/C18H19ClN2O4S/c1-25-17-8-7-14(12-16(17)19)20-26(23,24)15-6-4-5-13(11-15)18(22)21-9-2-3-10-21/h4-8,11-12,20H,2-3,9-10H2,1H3. The van der Waals surface area contributed by atoms with Crippen LogP contribution in [0.5, 0.6) is 5.75 Å². The van der Waals surface area contributed by atoms with E-state index in [1.807, 2.05) is 0 Å². The van der Waals surface area contributed by atoms with Gasteiger partial charge in [0.2, 0.25) is 0 Å². The van der Waals surface area contributed by atoms with E-state index in [9.17, 15) is 13.2 Å². The van der Waals surface area contributed by atoms with Gasteiger partial charge in [-0.2, -0.15) is 0 Å². The second-order valence-electron chi connectivity index (χ2n) is 5.98. The average Bonchev–Trinajstić information content (AvgIpc) is 3.16. The zero-order valence-electron chi connectivity index (χ0n) is 14.2. The number of ether oxygens (including phenoxy) is 1. The summed E-state index contributed by atoms with van der Waals surface area (Å²) in [7, 11) is -2.37. The van der Waals surface area contributed by atoms with Gasteiger partial charge in [-0.15, -0.1) is 0 Å². The summed E-state index contributed by atoms with van der Waals surface area (Å²) in [6, 6.07) is 10.7. The van der Waals surface area contributed by atoms with Crippen LogP contribution in [-0.2, 0) is 10.0 Å². The minimum absolute atomic E-state index is 0.0227. The lowest BCUT2D eigenvalue weighted by Gasteiger charge is -2.16. The number of nitrogens with one attached hydrogen (secondary N) is 1. The summed E-state index contributed by atoms with van der Waals surface area (Å²) in [4.78, 5) is 14.2. The van der Waals surface area contributed by atoms with Crippen LogP contribution in [0.3, 0.4) is 0 Å². The first-order valence-electron chi connectivity index (χ1n) is 8.16. The van der Waals surface area contributed by atoms with E-state index in [2.05, 4.69) is 4.72 Å². The number of likely N-dealkylation sites (tertiary alicyclic amines) is 1. The highest BCUT2D eigenvalue weighted by molar-refractivity contribution is 7.92. The molecular weight excluding hydrogens is 376 g/mol. The van der Waals surface area contributed by atoms with Crippen molar-refractivity contribution in [1.82, 2.24) is 4.90 Å². The Morgan fingerprint density at radius 1 is 1.15 bits per heavy atom.